The first-order valence-corrected chi connectivity index (χ1v) is 9.21. The molecule has 6 heteroatoms. The highest BCUT2D eigenvalue weighted by molar-refractivity contribution is 6.00. The Morgan fingerprint density at radius 2 is 2.04 bits per heavy atom. The van der Waals surface area contributed by atoms with Crippen LogP contribution in [0.4, 0.5) is 5.69 Å². The Morgan fingerprint density at radius 3 is 2.80 bits per heavy atom. The highest BCUT2D eigenvalue weighted by atomic mass is 16.5. The molecule has 0 aliphatic carbocycles. The van der Waals surface area contributed by atoms with Crippen LogP contribution < -0.4 is 15.0 Å². The lowest BCUT2D eigenvalue weighted by atomic mass is 10.0. The molecule has 6 nitrogen and oxygen atoms in total. The Kier molecular flexibility index (Phi) is 5.91. The first kappa shape index (κ1) is 17.7. The first-order chi connectivity index (χ1) is 12.2. The van der Waals surface area contributed by atoms with Crippen LogP contribution >= 0.6 is 0 Å². The van der Waals surface area contributed by atoms with Crippen molar-refractivity contribution in [3.63, 3.8) is 0 Å². The molecule has 2 aliphatic rings. The largest absolute Gasteiger partial charge is 0.491 e. The maximum absolute atomic E-state index is 12.5. The summed E-state index contributed by atoms with van der Waals surface area (Å²) in [5, 5.41) is 3.10. The van der Waals surface area contributed by atoms with Crippen LogP contribution in [-0.2, 0) is 9.59 Å². The number of piperidine rings is 1. The van der Waals surface area contributed by atoms with E-state index >= 15 is 0 Å². The van der Waals surface area contributed by atoms with Gasteiger partial charge in [-0.05, 0) is 37.9 Å². The van der Waals surface area contributed by atoms with Crippen molar-refractivity contribution < 1.29 is 14.3 Å². The topological polar surface area (TPSA) is 61.9 Å². The molecule has 0 bridgehead atoms. The number of ether oxygens (including phenoxy) is 1. The van der Waals surface area contributed by atoms with Crippen LogP contribution in [0.5, 0.6) is 5.75 Å². The molecule has 1 fully saturated rings. The van der Waals surface area contributed by atoms with E-state index < -0.39 is 0 Å². The van der Waals surface area contributed by atoms with Crippen molar-refractivity contribution in [3.8, 4) is 5.75 Å². The molecule has 136 valence electrons. The van der Waals surface area contributed by atoms with Gasteiger partial charge in [0.25, 0.3) is 0 Å². The molecule has 2 heterocycles. The Hall–Kier alpha value is -2.08. The van der Waals surface area contributed by atoms with E-state index in [2.05, 4.69) is 17.1 Å². The molecule has 2 aliphatic heterocycles. The number of nitrogens with zero attached hydrogens (tertiary/aromatic N) is 2. The van der Waals surface area contributed by atoms with E-state index in [0.717, 1.165) is 38.9 Å². The highest BCUT2D eigenvalue weighted by Gasteiger charge is 2.26. The number of likely N-dealkylation sites (tertiary alicyclic amines) is 1. The molecule has 2 amide bonds. The summed E-state index contributed by atoms with van der Waals surface area (Å²) < 4.78 is 5.62. The van der Waals surface area contributed by atoms with E-state index in [4.69, 9.17) is 4.74 Å². The first-order valence-electron chi connectivity index (χ1n) is 9.21. The van der Waals surface area contributed by atoms with Crippen molar-refractivity contribution in [1.82, 2.24) is 10.2 Å². The zero-order chi connectivity index (χ0) is 17.6. The number of anilines is 1. The summed E-state index contributed by atoms with van der Waals surface area (Å²) in [5.41, 5.74) is 0.679. The van der Waals surface area contributed by atoms with Gasteiger partial charge < -0.3 is 15.0 Å². The molecule has 25 heavy (non-hydrogen) atoms. The van der Waals surface area contributed by atoms with Gasteiger partial charge in [0.2, 0.25) is 11.8 Å². The fraction of sp³-hybridized carbons (Fsp3) is 0.579. The van der Waals surface area contributed by atoms with E-state index in [0.29, 0.717) is 18.0 Å². The van der Waals surface area contributed by atoms with Crippen molar-refractivity contribution >= 4 is 17.5 Å². The molecule has 1 aromatic carbocycles. The summed E-state index contributed by atoms with van der Waals surface area (Å²) in [7, 11) is 0. The Morgan fingerprint density at radius 1 is 1.28 bits per heavy atom. The Labute approximate surface area is 149 Å². The van der Waals surface area contributed by atoms with E-state index in [-0.39, 0.29) is 30.8 Å². The number of para-hydroxylation sites is 2. The fourth-order valence-electron chi connectivity index (χ4n) is 3.53. The second-order valence-corrected chi connectivity index (χ2v) is 6.73. The molecule has 0 aromatic heterocycles. The van der Waals surface area contributed by atoms with Crippen LogP contribution in [0.1, 0.15) is 32.6 Å². The van der Waals surface area contributed by atoms with Gasteiger partial charge in [0.15, 0.2) is 0 Å². The van der Waals surface area contributed by atoms with Crippen molar-refractivity contribution in [1.29, 1.82) is 0 Å². The lowest BCUT2D eigenvalue weighted by Gasteiger charge is -2.32. The Balaban J connectivity index is 1.58. The number of amides is 2. The third-order valence-electron chi connectivity index (χ3n) is 4.82. The molecule has 0 unspecified atom stereocenters. The van der Waals surface area contributed by atoms with E-state index in [9.17, 15) is 9.59 Å². The van der Waals surface area contributed by atoms with Crippen molar-refractivity contribution in [2.24, 2.45) is 0 Å². The monoisotopic (exact) mass is 345 g/mol. The Bertz CT molecular complexity index is 612. The van der Waals surface area contributed by atoms with Gasteiger partial charge in [0, 0.05) is 19.1 Å². The number of nitrogens with one attached hydrogen (secondary N) is 1. The summed E-state index contributed by atoms with van der Waals surface area (Å²) in [5.74, 6) is 0.492. The smallest absolute Gasteiger partial charge is 0.240 e. The van der Waals surface area contributed by atoms with Gasteiger partial charge in [-0.3, -0.25) is 14.5 Å². The number of carbonyl (C=O) groups excluding carboxylic acids is 2. The average Bonchev–Trinajstić information content (AvgIpc) is 2.76. The molecule has 1 aromatic rings. The highest BCUT2D eigenvalue weighted by Crippen LogP contribution is 2.30. The van der Waals surface area contributed by atoms with Gasteiger partial charge in [0.1, 0.15) is 12.3 Å². The third-order valence-corrected chi connectivity index (χ3v) is 4.82. The van der Waals surface area contributed by atoms with Crippen LogP contribution in [0.15, 0.2) is 24.3 Å². The van der Waals surface area contributed by atoms with Gasteiger partial charge in [-0.2, -0.15) is 0 Å². The standard InChI is InChI=1S/C19H27N3O3/c1-2-10-21-11-7-15(8-12-21)20-18(23)14-22-16-5-3-4-6-17(16)25-13-9-19(22)24/h3-6,15H,2,7-14H2,1H3,(H,20,23). The average molecular weight is 345 g/mol. The van der Waals surface area contributed by atoms with Crippen LogP contribution in [0.2, 0.25) is 0 Å². The predicted molar refractivity (Wildman–Crippen MR) is 96.8 cm³/mol. The molecule has 1 N–H and O–H groups in total. The number of rotatable bonds is 5. The van der Waals surface area contributed by atoms with Gasteiger partial charge in [-0.15, -0.1) is 0 Å². The zero-order valence-corrected chi connectivity index (χ0v) is 14.9. The summed E-state index contributed by atoms with van der Waals surface area (Å²) in [6.45, 7) is 5.77. The minimum atomic E-state index is -0.0982. The predicted octanol–water partition coefficient (Wildman–Crippen LogP) is 1.79. The third kappa shape index (κ3) is 4.51. The zero-order valence-electron chi connectivity index (χ0n) is 14.9. The van der Waals surface area contributed by atoms with Crippen molar-refractivity contribution in [2.45, 2.75) is 38.6 Å². The maximum atomic E-state index is 12.5. The second kappa shape index (κ2) is 8.34. The number of hydrogen-bond acceptors (Lipinski definition) is 4. The van der Waals surface area contributed by atoms with Gasteiger partial charge >= 0.3 is 0 Å². The van der Waals surface area contributed by atoms with E-state index in [1.165, 1.54) is 0 Å². The summed E-state index contributed by atoms with van der Waals surface area (Å²) in [6, 6.07) is 7.60. The van der Waals surface area contributed by atoms with Crippen LogP contribution in [-0.4, -0.2) is 55.5 Å². The van der Waals surface area contributed by atoms with Crippen molar-refractivity contribution in [2.75, 3.05) is 37.7 Å². The van der Waals surface area contributed by atoms with Gasteiger partial charge in [0.05, 0.1) is 18.7 Å². The minimum Gasteiger partial charge on any atom is -0.491 e. The molecule has 0 spiro atoms. The normalized spacial score (nSPS) is 19.1. The van der Waals surface area contributed by atoms with E-state index in [1.807, 2.05) is 24.3 Å². The van der Waals surface area contributed by atoms with Crippen LogP contribution in [0.25, 0.3) is 0 Å². The second-order valence-electron chi connectivity index (χ2n) is 6.73. The fourth-order valence-corrected chi connectivity index (χ4v) is 3.53. The lowest BCUT2D eigenvalue weighted by Crippen LogP contribution is -2.48. The molecule has 3 rings (SSSR count). The van der Waals surface area contributed by atoms with Crippen LogP contribution in [0, 0.1) is 0 Å². The summed E-state index contributed by atoms with van der Waals surface area (Å²) in [6.07, 6.45) is 3.39. The molecular formula is C19H27N3O3. The number of benzene rings is 1. The maximum Gasteiger partial charge on any atom is 0.240 e. The van der Waals surface area contributed by atoms with Crippen molar-refractivity contribution in [3.05, 3.63) is 24.3 Å². The van der Waals surface area contributed by atoms with E-state index in [1.54, 1.807) is 4.90 Å². The molecule has 0 atom stereocenters. The molecule has 1 saturated heterocycles. The number of fused-ring (bicyclic) bond motifs is 1. The number of carbonyl (C=O) groups is 2. The SMILES string of the molecule is CCCN1CCC(NC(=O)CN2C(=O)CCOc3ccccc32)CC1. The number of hydrogen-bond donors (Lipinski definition) is 1. The van der Waals surface area contributed by atoms with Gasteiger partial charge in [-0.25, -0.2) is 0 Å². The molecule has 0 radical (unpaired) electrons. The van der Waals surface area contributed by atoms with Crippen LogP contribution in [0.3, 0.4) is 0 Å². The lowest BCUT2D eigenvalue weighted by molar-refractivity contribution is -0.124. The molecular weight excluding hydrogens is 318 g/mol. The molecule has 0 saturated carbocycles. The van der Waals surface area contributed by atoms with Gasteiger partial charge in [-0.1, -0.05) is 19.1 Å². The summed E-state index contributed by atoms with van der Waals surface area (Å²) in [4.78, 5) is 28.9. The quantitative estimate of drug-likeness (QED) is 0.884. The minimum absolute atomic E-state index is 0.0500. The summed E-state index contributed by atoms with van der Waals surface area (Å²) >= 11 is 0.